The lowest BCUT2D eigenvalue weighted by Gasteiger charge is -2.32. The SMILES string of the molecule is Cc1ccc(-c2ccc(N3CCC[C@@H](C(=O)Nc4ccccc4)C3)nn2)cc1. The third-order valence-corrected chi connectivity index (χ3v) is 5.16. The first-order chi connectivity index (χ1) is 13.7. The molecule has 1 fully saturated rings. The molecule has 1 aliphatic heterocycles. The third kappa shape index (κ3) is 4.19. The highest BCUT2D eigenvalue weighted by molar-refractivity contribution is 5.93. The predicted molar refractivity (Wildman–Crippen MR) is 112 cm³/mol. The van der Waals surface area contributed by atoms with Gasteiger partial charge in [-0.3, -0.25) is 4.79 Å². The van der Waals surface area contributed by atoms with Crippen LogP contribution in [0.1, 0.15) is 18.4 Å². The van der Waals surface area contributed by atoms with Crippen molar-refractivity contribution in [2.45, 2.75) is 19.8 Å². The maximum atomic E-state index is 12.6. The minimum atomic E-state index is -0.0486. The van der Waals surface area contributed by atoms with Crippen LogP contribution in [0.25, 0.3) is 11.3 Å². The Morgan fingerprint density at radius 3 is 2.50 bits per heavy atom. The summed E-state index contributed by atoms with van der Waals surface area (Å²) < 4.78 is 0. The zero-order valence-corrected chi connectivity index (χ0v) is 16.0. The number of benzene rings is 2. The lowest BCUT2D eigenvalue weighted by Crippen LogP contribution is -2.41. The van der Waals surface area contributed by atoms with Crippen molar-refractivity contribution in [2.24, 2.45) is 5.92 Å². The van der Waals surface area contributed by atoms with Crippen LogP contribution >= 0.6 is 0 Å². The second-order valence-corrected chi connectivity index (χ2v) is 7.28. The zero-order valence-electron chi connectivity index (χ0n) is 16.0. The van der Waals surface area contributed by atoms with Gasteiger partial charge < -0.3 is 10.2 Å². The minimum Gasteiger partial charge on any atom is -0.354 e. The fraction of sp³-hybridized carbons (Fsp3) is 0.261. The molecular weight excluding hydrogens is 348 g/mol. The number of rotatable bonds is 4. The Hall–Kier alpha value is -3.21. The molecule has 0 radical (unpaired) electrons. The first-order valence-electron chi connectivity index (χ1n) is 9.71. The van der Waals surface area contributed by atoms with E-state index in [0.29, 0.717) is 6.54 Å². The number of hydrogen-bond donors (Lipinski definition) is 1. The molecule has 0 bridgehead atoms. The van der Waals surface area contributed by atoms with Crippen molar-refractivity contribution in [3.05, 3.63) is 72.3 Å². The van der Waals surface area contributed by atoms with Gasteiger partial charge in [0.2, 0.25) is 5.91 Å². The first kappa shape index (κ1) is 18.2. The number of para-hydroxylation sites is 1. The van der Waals surface area contributed by atoms with E-state index in [9.17, 15) is 4.79 Å². The van der Waals surface area contributed by atoms with Crippen molar-refractivity contribution in [2.75, 3.05) is 23.3 Å². The van der Waals surface area contributed by atoms with Crippen LogP contribution in [0, 0.1) is 12.8 Å². The Morgan fingerprint density at radius 1 is 1.00 bits per heavy atom. The van der Waals surface area contributed by atoms with E-state index < -0.39 is 0 Å². The summed E-state index contributed by atoms with van der Waals surface area (Å²) in [5, 5.41) is 11.8. The number of carbonyl (C=O) groups excluding carboxylic acids is 1. The number of nitrogens with one attached hydrogen (secondary N) is 1. The van der Waals surface area contributed by atoms with Crippen LogP contribution in [0.3, 0.4) is 0 Å². The van der Waals surface area contributed by atoms with Gasteiger partial charge in [-0.2, -0.15) is 0 Å². The summed E-state index contributed by atoms with van der Waals surface area (Å²) in [4.78, 5) is 14.8. The molecule has 0 spiro atoms. The van der Waals surface area contributed by atoms with E-state index in [2.05, 4.69) is 51.6 Å². The van der Waals surface area contributed by atoms with E-state index in [4.69, 9.17) is 0 Å². The number of amides is 1. The van der Waals surface area contributed by atoms with Gasteiger partial charge in [0.05, 0.1) is 11.6 Å². The monoisotopic (exact) mass is 372 g/mol. The van der Waals surface area contributed by atoms with Gasteiger partial charge in [0.15, 0.2) is 5.82 Å². The van der Waals surface area contributed by atoms with Gasteiger partial charge in [0, 0.05) is 24.3 Å². The number of carbonyl (C=O) groups is 1. The van der Waals surface area contributed by atoms with Crippen molar-refractivity contribution < 1.29 is 4.79 Å². The van der Waals surface area contributed by atoms with Gasteiger partial charge in [0.1, 0.15) is 0 Å². The second-order valence-electron chi connectivity index (χ2n) is 7.28. The summed E-state index contributed by atoms with van der Waals surface area (Å²) in [5.74, 6) is 0.848. The average molecular weight is 372 g/mol. The molecule has 2 aromatic carbocycles. The Bertz CT molecular complexity index is 923. The molecule has 28 heavy (non-hydrogen) atoms. The molecule has 142 valence electrons. The molecule has 1 atom stereocenters. The van der Waals surface area contributed by atoms with Gasteiger partial charge in [-0.05, 0) is 44.0 Å². The second kappa shape index (κ2) is 8.21. The molecule has 1 aliphatic rings. The van der Waals surface area contributed by atoms with E-state index in [-0.39, 0.29) is 11.8 Å². The van der Waals surface area contributed by atoms with Crippen molar-refractivity contribution in [3.63, 3.8) is 0 Å². The van der Waals surface area contributed by atoms with Crippen LogP contribution in [-0.2, 0) is 4.79 Å². The summed E-state index contributed by atoms with van der Waals surface area (Å²) >= 11 is 0. The molecule has 1 N–H and O–H groups in total. The maximum Gasteiger partial charge on any atom is 0.229 e. The molecule has 0 unspecified atom stereocenters. The quantitative estimate of drug-likeness (QED) is 0.741. The topological polar surface area (TPSA) is 58.1 Å². The fourth-order valence-corrected chi connectivity index (χ4v) is 3.54. The normalized spacial score (nSPS) is 16.6. The summed E-state index contributed by atoms with van der Waals surface area (Å²) in [7, 11) is 0. The number of piperidine rings is 1. The largest absolute Gasteiger partial charge is 0.354 e. The standard InChI is InChI=1S/C23H24N4O/c1-17-9-11-18(12-10-17)21-13-14-22(26-25-21)27-15-5-6-19(16-27)23(28)24-20-7-3-2-4-8-20/h2-4,7-14,19H,5-6,15-16H2,1H3,(H,24,28)/t19-/m1/s1. The predicted octanol–water partition coefficient (Wildman–Crippen LogP) is 4.31. The lowest BCUT2D eigenvalue weighted by atomic mass is 9.97. The molecule has 5 heteroatoms. The number of anilines is 2. The molecular formula is C23H24N4O. The number of aromatic nitrogens is 2. The van der Waals surface area contributed by atoms with E-state index >= 15 is 0 Å². The van der Waals surface area contributed by atoms with Gasteiger partial charge in [-0.15, -0.1) is 10.2 Å². The van der Waals surface area contributed by atoms with E-state index in [1.807, 2.05) is 42.5 Å². The Morgan fingerprint density at radius 2 is 1.79 bits per heavy atom. The highest BCUT2D eigenvalue weighted by Gasteiger charge is 2.26. The van der Waals surface area contributed by atoms with Crippen LogP contribution < -0.4 is 10.2 Å². The number of hydrogen-bond acceptors (Lipinski definition) is 4. The average Bonchev–Trinajstić information content (AvgIpc) is 2.75. The molecule has 2 heterocycles. The molecule has 1 saturated heterocycles. The zero-order chi connectivity index (χ0) is 19.3. The molecule has 0 saturated carbocycles. The fourth-order valence-electron chi connectivity index (χ4n) is 3.54. The van der Waals surface area contributed by atoms with Gasteiger partial charge in [-0.1, -0.05) is 48.0 Å². The molecule has 1 amide bonds. The molecule has 0 aliphatic carbocycles. The molecule has 5 nitrogen and oxygen atoms in total. The first-order valence-corrected chi connectivity index (χ1v) is 9.71. The molecule has 3 aromatic rings. The van der Waals surface area contributed by atoms with Crippen LogP contribution in [0.4, 0.5) is 11.5 Å². The molecule has 1 aromatic heterocycles. The highest BCUT2D eigenvalue weighted by atomic mass is 16.1. The van der Waals surface area contributed by atoms with E-state index in [1.54, 1.807) is 0 Å². The van der Waals surface area contributed by atoms with Crippen molar-refractivity contribution >= 4 is 17.4 Å². The third-order valence-electron chi connectivity index (χ3n) is 5.16. The maximum absolute atomic E-state index is 12.6. The van der Waals surface area contributed by atoms with Gasteiger partial charge in [-0.25, -0.2) is 0 Å². The summed E-state index contributed by atoms with van der Waals surface area (Å²) in [5.41, 5.74) is 3.98. The van der Waals surface area contributed by atoms with Crippen molar-refractivity contribution in [1.82, 2.24) is 10.2 Å². The van der Waals surface area contributed by atoms with Gasteiger partial charge >= 0.3 is 0 Å². The molecule has 4 rings (SSSR count). The van der Waals surface area contributed by atoms with E-state index in [1.165, 1.54) is 5.56 Å². The van der Waals surface area contributed by atoms with Crippen molar-refractivity contribution in [1.29, 1.82) is 0 Å². The summed E-state index contributed by atoms with van der Waals surface area (Å²) in [6.45, 7) is 3.63. The number of nitrogens with zero attached hydrogens (tertiary/aromatic N) is 3. The van der Waals surface area contributed by atoms with Crippen molar-refractivity contribution in [3.8, 4) is 11.3 Å². The smallest absolute Gasteiger partial charge is 0.229 e. The Kier molecular flexibility index (Phi) is 5.33. The summed E-state index contributed by atoms with van der Waals surface area (Å²) in [6, 6.07) is 21.9. The van der Waals surface area contributed by atoms with Gasteiger partial charge in [0.25, 0.3) is 0 Å². The Balaban J connectivity index is 1.42. The number of aryl methyl sites for hydroxylation is 1. The van der Waals surface area contributed by atoms with E-state index in [0.717, 1.165) is 42.1 Å². The van der Waals surface area contributed by atoms with Crippen LogP contribution in [0.5, 0.6) is 0 Å². The van der Waals surface area contributed by atoms with Crippen LogP contribution in [0.2, 0.25) is 0 Å². The lowest BCUT2D eigenvalue weighted by molar-refractivity contribution is -0.120. The highest BCUT2D eigenvalue weighted by Crippen LogP contribution is 2.24. The van der Waals surface area contributed by atoms with Crippen LogP contribution in [-0.4, -0.2) is 29.2 Å². The summed E-state index contributed by atoms with van der Waals surface area (Å²) in [6.07, 6.45) is 1.86. The Labute approximate surface area is 165 Å². The van der Waals surface area contributed by atoms with Crippen LogP contribution in [0.15, 0.2) is 66.7 Å². The minimum absolute atomic E-state index is 0.0486.